The van der Waals surface area contributed by atoms with Crippen molar-refractivity contribution in [2.45, 2.75) is 13.5 Å². The number of ether oxygens (including phenoxy) is 2. The topological polar surface area (TPSA) is 51.7 Å². The number of benzene rings is 1. The summed E-state index contributed by atoms with van der Waals surface area (Å²) in [5.41, 5.74) is 3.11. The average Bonchev–Trinajstić information content (AvgIpc) is 2.54. The maximum Gasteiger partial charge on any atom is 0.258 e. The summed E-state index contributed by atoms with van der Waals surface area (Å²) < 4.78 is 10.8. The first-order chi connectivity index (χ1) is 10.7. The molecule has 2 heterocycles. The highest BCUT2D eigenvalue weighted by Crippen LogP contribution is 2.31. The fourth-order valence-corrected chi connectivity index (χ4v) is 2.56. The largest absolute Gasteiger partial charge is 0.474 e. The number of hydrogen-bond acceptors (Lipinski definition) is 4. The number of carbonyl (C=O) groups is 1. The van der Waals surface area contributed by atoms with Crippen LogP contribution < -0.4 is 9.64 Å². The molecular weight excluding hydrogens is 280 g/mol. The van der Waals surface area contributed by atoms with E-state index in [1.54, 1.807) is 12.0 Å². The summed E-state index contributed by atoms with van der Waals surface area (Å²) in [6.45, 7) is 3.27. The Kier molecular flexibility index (Phi) is 4.06. The quantitative estimate of drug-likeness (QED) is 0.874. The number of methoxy groups -OCH3 is 1. The van der Waals surface area contributed by atoms with Gasteiger partial charge in [0.1, 0.15) is 12.3 Å². The summed E-state index contributed by atoms with van der Waals surface area (Å²) in [6.07, 6.45) is 0. The van der Waals surface area contributed by atoms with E-state index in [0.29, 0.717) is 36.9 Å². The molecule has 1 aromatic carbocycles. The van der Waals surface area contributed by atoms with Crippen LogP contribution in [0.2, 0.25) is 0 Å². The molecule has 5 heteroatoms. The monoisotopic (exact) mass is 298 g/mol. The molecular formula is C17H18N2O3. The number of aromatic nitrogens is 1. The summed E-state index contributed by atoms with van der Waals surface area (Å²) in [5, 5.41) is 0. The van der Waals surface area contributed by atoms with E-state index in [-0.39, 0.29) is 5.91 Å². The molecule has 0 aliphatic carbocycles. The molecule has 114 valence electrons. The summed E-state index contributed by atoms with van der Waals surface area (Å²) >= 11 is 0. The Bertz CT molecular complexity index is 700. The number of fused-ring (bicyclic) bond motifs is 1. The number of aryl methyl sites for hydroxylation is 1. The second-order valence-electron chi connectivity index (χ2n) is 5.17. The van der Waals surface area contributed by atoms with Gasteiger partial charge < -0.3 is 14.4 Å². The zero-order valence-corrected chi connectivity index (χ0v) is 12.7. The van der Waals surface area contributed by atoms with Crippen molar-refractivity contribution in [3.05, 3.63) is 53.2 Å². The Morgan fingerprint density at radius 3 is 2.95 bits per heavy atom. The van der Waals surface area contributed by atoms with Crippen molar-refractivity contribution in [1.29, 1.82) is 0 Å². The van der Waals surface area contributed by atoms with E-state index in [4.69, 9.17) is 9.47 Å². The van der Waals surface area contributed by atoms with E-state index < -0.39 is 0 Å². The van der Waals surface area contributed by atoms with E-state index in [2.05, 4.69) is 4.98 Å². The van der Waals surface area contributed by atoms with Gasteiger partial charge in [0, 0.05) is 18.4 Å². The van der Waals surface area contributed by atoms with E-state index in [9.17, 15) is 4.79 Å². The van der Waals surface area contributed by atoms with Crippen molar-refractivity contribution < 1.29 is 14.3 Å². The highest BCUT2D eigenvalue weighted by molar-refractivity contribution is 6.07. The standard InChI is InChI=1S/C17H18N2O3/c1-12-7-8-15-16(18-12)22-10-9-19(15)17(20)14-6-4-3-5-13(14)11-21-2/h3-8H,9-11H2,1-2H3. The number of amides is 1. The molecule has 0 bridgehead atoms. The van der Waals surface area contributed by atoms with Crippen molar-refractivity contribution in [2.24, 2.45) is 0 Å². The van der Waals surface area contributed by atoms with Gasteiger partial charge >= 0.3 is 0 Å². The second-order valence-corrected chi connectivity index (χ2v) is 5.17. The molecule has 1 aliphatic rings. The van der Waals surface area contributed by atoms with Crippen LogP contribution in [-0.2, 0) is 11.3 Å². The molecule has 1 amide bonds. The molecule has 0 fully saturated rings. The SMILES string of the molecule is COCc1ccccc1C(=O)N1CCOc2nc(C)ccc21. The van der Waals surface area contributed by atoms with E-state index in [1.807, 2.05) is 43.3 Å². The third-order valence-corrected chi connectivity index (χ3v) is 3.62. The van der Waals surface area contributed by atoms with E-state index in [1.165, 1.54) is 0 Å². The van der Waals surface area contributed by atoms with Gasteiger partial charge in [-0.2, -0.15) is 0 Å². The van der Waals surface area contributed by atoms with E-state index in [0.717, 1.165) is 11.3 Å². The number of anilines is 1. The van der Waals surface area contributed by atoms with Crippen LogP contribution in [-0.4, -0.2) is 31.2 Å². The van der Waals surface area contributed by atoms with Gasteiger partial charge in [0.25, 0.3) is 5.91 Å². The van der Waals surface area contributed by atoms with Gasteiger partial charge in [0.05, 0.1) is 13.2 Å². The molecule has 1 aliphatic heterocycles. The van der Waals surface area contributed by atoms with Gasteiger partial charge in [-0.15, -0.1) is 0 Å². The van der Waals surface area contributed by atoms with Crippen LogP contribution in [0.1, 0.15) is 21.6 Å². The predicted molar refractivity (Wildman–Crippen MR) is 83.3 cm³/mol. The van der Waals surface area contributed by atoms with Gasteiger partial charge in [-0.1, -0.05) is 18.2 Å². The first-order valence-electron chi connectivity index (χ1n) is 7.20. The minimum absolute atomic E-state index is 0.0529. The molecule has 0 spiro atoms. The highest BCUT2D eigenvalue weighted by Gasteiger charge is 2.26. The van der Waals surface area contributed by atoms with Crippen LogP contribution in [0.15, 0.2) is 36.4 Å². The summed E-state index contributed by atoms with van der Waals surface area (Å²) in [7, 11) is 1.62. The minimum atomic E-state index is -0.0529. The molecule has 1 aromatic heterocycles. The van der Waals surface area contributed by atoms with Crippen molar-refractivity contribution in [2.75, 3.05) is 25.2 Å². The maximum absolute atomic E-state index is 12.9. The first-order valence-corrected chi connectivity index (χ1v) is 7.20. The van der Waals surface area contributed by atoms with Crippen LogP contribution >= 0.6 is 0 Å². The number of rotatable bonds is 3. The molecule has 2 aromatic rings. The second kappa shape index (κ2) is 6.15. The molecule has 22 heavy (non-hydrogen) atoms. The average molecular weight is 298 g/mol. The van der Waals surface area contributed by atoms with Crippen LogP contribution in [0.4, 0.5) is 5.69 Å². The molecule has 0 atom stereocenters. The Morgan fingerprint density at radius 2 is 2.14 bits per heavy atom. The molecule has 3 rings (SSSR count). The van der Waals surface area contributed by atoms with Gasteiger partial charge in [-0.25, -0.2) is 4.98 Å². The van der Waals surface area contributed by atoms with E-state index >= 15 is 0 Å². The Hall–Kier alpha value is -2.40. The summed E-state index contributed by atoms with van der Waals surface area (Å²) in [4.78, 5) is 19.0. The Balaban J connectivity index is 1.98. The summed E-state index contributed by atoms with van der Waals surface area (Å²) in [6, 6.07) is 11.3. The predicted octanol–water partition coefficient (Wildman–Crippen LogP) is 2.58. The smallest absolute Gasteiger partial charge is 0.258 e. The molecule has 0 saturated heterocycles. The van der Waals surface area contributed by atoms with Crippen molar-refractivity contribution in [3.63, 3.8) is 0 Å². The Morgan fingerprint density at radius 1 is 1.32 bits per heavy atom. The molecule has 0 radical (unpaired) electrons. The minimum Gasteiger partial charge on any atom is -0.474 e. The molecule has 0 N–H and O–H groups in total. The number of carbonyl (C=O) groups excluding carboxylic acids is 1. The number of pyridine rings is 1. The van der Waals surface area contributed by atoms with Crippen molar-refractivity contribution in [1.82, 2.24) is 4.98 Å². The Labute approximate surface area is 129 Å². The van der Waals surface area contributed by atoms with Gasteiger partial charge in [-0.3, -0.25) is 4.79 Å². The van der Waals surface area contributed by atoms with Gasteiger partial charge in [-0.05, 0) is 30.7 Å². The van der Waals surface area contributed by atoms with Crippen LogP contribution in [0.3, 0.4) is 0 Å². The lowest BCUT2D eigenvalue weighted by Gasteiger charge is -2.29. The number of hydrogen-bond donors (Lipinski definition) is 0. The zero-order chi connectivity index (χ0) is 15.5. The first kappa shape index (κ1) is 14.5. The van der Waals surface area contributed by atoms with Crippen LogP contribution in [0.25, 0.3) is 0 Å². The van der Waals surface area contributed by atoms with Crippen LogP contribution in [0.5, 0.6) is 5.88 Å². The zero-order valence-electron chi connectivity index (χ0n) is 12.7. The van der Waals surface area contributed by atoms with Crippen LogP contribution in [0, 0.1) is 6.92 Å². The van der Waals surface area contributed by atoms with Gasteiger partial charge in [0.15, 0.2) is 0 Å². The fraction of sp³-hybridized carbons (Fsp3) is 0.294. The normalized spacial score (nSPS) is 13.5. The maximum atomic E-state index is 12.9. The molecule has 5 nitrogen and oxygen atoms in total. The summed E-state index contributed by atoms with van der Waals surface area (Å²) in [5.74, 6) is 0.465. The lowest BCUT2D eigenvalue weighted by Crippen LogP contribution is -2.38. The fourth-order valence-electron chi connectivity index (χ4n) is 2.56. The molecule has 0 unspecified atom stereocenters. The van der Waals surface area contributed by atoms with Crippen molar-refractivity contribution >= 4 is 11.6 Å². The van der Waals surface area contributed by atoms with Crippen molar-refractivity contribution in [3.8, 4) is 5.88 Å². The third kappa shape index (κ3) is 2.67. The lowest BCUT2D eigenvalue weighted by molar-refractivity contribution is 0.0970. The highest BCUT2D eigenvalue weighted by atomic mass is 16.5. The third-order valence-electron chi connectivity index (χ3n) is 3.62. The lowest BCUT2D eigenvalue weighted by atomic mass is 10.1. The molecule has 0 saturated carbocycles. The number of nitrogens with zero attached hydrogens (tertiary/aromatic N) is 2. The van der Waals surface area contributed by atoms with Gasteiger partial charge in [0.2, 0.25) is 5.88 Å².